The van der Waals surface area contributed by atoms with Gasteiger partial charge >= 0.3 is 5.97 Å². The molecule has 8 atom stereocenters. The van der Waals surface area contributed by atoms with Gasteiger partial charge in [-0.05, 0) is 25.3 Å². The summed E-state index contributed by atoms with van der Waals surface area (Å²) in [5, 5.41) is 28.4. The van der Waals surface area contributed by atoms with Crippen LogP contribution in [0.4, 0.5) is 0 Å². The molecule has 3 fully saturated rings. The molecule has 7 heteroatoms. The van der Waals surface area contributed by atoms with Gasteiger partial charge in [-0.2, -0.15) is 0 Å². The van der Waals surface area contributed by atoms with Crippen molar-refractivity contribution < 1.29 is 34.3 Å². The summed E-state index contributed by atoms with van der Waals surface area (Å²) >= 11 is 0. The molecule has 1 spiro atoms. The normalized spacial score (nSPS) is 44.2. The Labute approximate surface area is 177 Å². The summed E-state index contributed by atoms with van der Waals surface area (Å²) in [6, 6.07) is 0. The molecule has 2 saturated heterocycles. The summed E-state index contributed by atoms with van der Waals surface area (Å²) in [4.78, 5) is 12.5. The van der Waals surface area contributed by atoms with Gasteiger partial charge in [0.25, 0.3) is 0 Å². The number of carbonyl (C=O) groups is 1. The fourth-order valence-corrected chi connectivity index (χ4v) is 5.72. The first kappa shape index (κ1) is 21.7. The SMILES string of the molecule is C[C@H](O)C(O)/C=C/C=C\C(=O)O[C@@H]1CC2O[C@@H]3C=C(CO)CC[C@@]3(C)[C@]1(C)C21CO1. The summed E-state index contributed by atoms with van der Waals surface area (Å²) in [6.45, 7) is 6.48. The Morgan fingerprint density at radius 2 is 2.10 bits per heavy atom. The summed E-state index contributed by atoms with van der Waals surface area (Å²) in [7, 11) is 0. The third-order valence-electron chi connectivity index (χ3n) is 8.01. The Bertz CT molecular complexity index is 780. The van der Waals surface area contributed by atoms with Crippen LogP contribution >= 0.6 is 0 Å². The summed E-state index contributed by atoms with van der Waals surface area (Å²) in [6.07, 6.45) is 7.53. The van der Waals surface area contributed by atoms with E-state index in [-0.39, 0.29) is 30.3 Å². The van der Waals surface area contributed by atoms with E-state index in [1.807, 2.05) is 6.08 Å². The highest BCUT2D eigenvalue weighted by Gasteiger charge is 2.81. The number of ether oxygens (including phenoxy) is 3. The predicted molar refractivity (Wildman–Crippen MR) is 108 cm³/mol. The molecule has 7 nitrogen and oxygen atoms in total. The van der Waals surface area contributed by atoms with Crippen molar-refractivity contribution >= 4 is 5.97 Å². The van der Waals surface area contributed by atoms with Gasteiger partial charge in [-0.25, -0.2) is 4.79 Å². The molecule has 3 N–H and O–H groups in total. The van der Waals surface area contributed by atoms with Crippen molar-refractivity contribution in [1.29, 1.82) is 0 Å². The van der Waals surface area contributed by atoms with Gasteiger partial charge in [0.1, 0.15) is 11.7 Å². The fourth-order valence-electron chi connectivity index (χ4n) is 5.72. The van der Waals surface area contributed by atoms with Crippen molar-refractivity contribution in [2.75, 3.05) is 13.2 Å². The van der Waals surface area contributed by atoms with Gasteiger partial charge < -0.3 is 29.5 Å². The lowest BCUT2D eigenvalue weighted by Crippen LogP contribution is -2.63. The molecule has 2 bridgehead atoms. The van der Waals surface area contributed by atoms with Crippen LogP contribution in [0, 0.1) is 10.8 Å². The molecule has 1 saturated carbocycles. The highest BCUT2D eigenvalue weighted by molar-refractivity contribution is 5.82. The van der Waals surface area contributed by atoms with Crippen LogP contribution in [0.2, 0.25) is 0 Å². The monoisotopic (exact) mass is 420 g/mol. The number of epoxide rings is 1. The minimum atomic E-state index is -0.984. The van der Waals surface area contributed by atoms with Gasteiger partial charge in [0.15, 0.2) is 0 Å². The van der Waals surface area contributed by atoms with E-state index in [9.17, 15) is 20.1 Å². The lowest BCUT2D eigenvalue weighted by Gasteiger charge is -2.57. The molecule has 4 aliphatic rings. The van der Waals surface area contributed by atoms with Gasteiger partial charge in [0.2, 0.25) is 0 Å². The second-order valence-corrected chi connectivity index (χ2v) is 9.46. The summed E-state index contributed by atoms with van der Waals surface area (Å²) in [5.74, 6) is -0.455. The molecular formula is C23H32O7. The van der Waals surface area contributed by atoms with Crippen LogP contribution in [-0.2, 0) is 19.0 Å². The second-order valence-electron chi connectivity index (χ2n) is 9.46. The number of hydrogen-bond donors (Lipinski definition) is 3. The van der Waals surface area contributed by atoms with Crippen molar-refractivity contribution in [2.24, 2.45) is 10.8 Å². The number of carbonyl (C=O) groups excluding carboxylic acids is 1. The third-order valence-corrected chi connectivity index (χ3v) is 8.01. The molecule has 30 heavy (non-hydrogen) atoms. The van der Waals surface area contributed by atoms with Crippen LogP contribution < -0.4 is 0 Å². The number of aliphatic hydroxyl groups is 3. The van der Waals surface area contributed by atoms with Crippen LogP contribution in [0.15, 0.2) is 36.0 Å². The van der Waals surface area contributed by atoms with Crippen molar-refractivity contribution in [3.63, 3.8) is 0 Å². The summed E-state index contributed by atoms with van der Waals surface area (Å²) < 4.78 is 18.3. The van der Waals surface area contributed by atoms with Crippen LogP contribution in [-0.4, -0.2) is 70.6 Å². The van der Waals surface area contributed by atoms with E-state index >= 15 is 0 Å². The van der Waals surface area contributed by atoms with E-state index < -0.39 is 29.2 Å². The minimum Gasteiger partial charge on any atom is -0.458 e. The van der Waals surface area contributed by atoms with E-state index in [2.05, 4.69) is 13.8 Å². The lowest BCUT2D eigenvalue weighted by atomic mass is 9.52. The minimum absolute atomic E-state index is 0.0411. The standard InChI is InChI=1S/C23H32O7/c1-14(25)16(26)6-4-5-7-20(27)30-18-11-19-23(13-28-23)22(18,3)21(2)9-8-15(12-24)10-17(21)29-19/h4-7,10,14,16-19,24-26H,8-9,11-13H2,1-3H3/b6-4+,7-5-/t14-,16?,17+,18+,19?,21+,22+,23?/m0/s1. The molecule has 0 aromatic rings. The van der Waals surface area contributed by atoms with Crippen LogP contribution in [0.3, 0.4) is 0 Å². The number of aliphatic hydroxyl groups excluding tert-OH is 3. The van der Waals surface area contributed by atoms with E-state index in [1.165, 1.54) is 31.2 Å². The Hall–Kier alpha value is -1.51. The Morgan fingerprint density at radius 3 is 2.73 bits per heavy atom. The first-order valence-corrected chi connectivity index (χ1v) is 10.7. The molecule has 0 aromatic heterocycles. The molecule has 0 aromatic carbocycles. The van der Waals surface area contributed by atoms with Crippen LogP contribution in [0.1, 0.15) is 40.0 Å². The smallest absolute Gasteiger partial charge is 0.331 e. The summed E-state index contributed by atoms with van der Waals surface area (Å²) in [5.41, 5.74) is -0.0904. The van der Waals surface area contributed by atoms with E-state index in [0.717, 1.165) is 18.4 Å². The van der Waals surface area contributed by atoms with Gasteiger partial charge in [0.05, 0.1) is 37.6 Å². The zero-order valence-electron chi connectivity index (χ0n) is 17.8. The molecule has 166 valence electrons. The number of fused-ring (bicyclic) bond motifs is 2. The number of hydrogen-bond acceptors (Lipinski definition) is 7. The zero-order chi connectivity index (χ0) is 21.7. The van der Waals surface area contributed by atoms with E-state index in [0.29, 0.717) is 13.0 Å². The maximum absolute atomic E-state index is 12.5. The molecule has 2 heterocycles. The highest BCUT2D eigenvalue weighted by atomic mass is 16.6. The van der Waals surface area contributed by atoms with Gasteiger partial charge in [-0.15, -0.1) is 0 Å². The first-order valence-electron chi connectivity index (χ1n) is 10.7. The largest absolute Gasteiger partial charge is 0.458 e. The zero-order valence-corrected chi connectivity index (χ0v) is 17.8. The number of allylic oxidation sites excluding steroid dienone is 2. The van der Waals surface area contributed by atoms with Crippen molar-refractivity contribution in [3.8, 4) is 0 Å². The molecule has 0 amide bonds. The quantitative estimate of drug-likeness (QED) is 0.196. The molecule has 4 rings (SSSR count). The van der Waals surface area contributed by atoms with Crippen LogP contribution in [0.5, 0.6) is 0 Å². The fraction of sp³-hybridized carbons (Fsp3) is 0.696. The molecule has 2 aliphatic carbocycles. The van der Waals surface area contributed by atoms with Crippen molar-refractivity contribution in [3.05, 3.63) is 36.0 Å². The third kappa shape index (κ3) is 3.10. The predicted octanol–water partition coefficient (Wildman–Crippen LogP) is 1.42. The average Bonchev–Trinajstić information content (AvgIpc) is 3.48. The lowest BCUT2D eigenvalue weighted by molar-refractivity contribution is -0.209. The number of esters is 1. The van der Waals surface area contributed by atoms with Gasteiger partial charge in [-0.1, -0.05) is 38.2 Å². The Kier molecular flexibility index (Phi) is 5.48. The first-order chi connectivity index (χ1) is 14.2. The van der Waals surface area contributed by atoms with Crippen molar-refractivity contribution in [2.45, 2.75) is 76.2 Å². The van der Waals surface area contributed by atoms with E-state index in [4.69, 9.17) is 14.2 Å². The van der Waals surface area contributed by atoms with Gasteiger partial charge in [0, 0.05) is 23.3 Å². The maximum Gasteiger partial charge on any atom is 0.331 e. The number of rotatable bonds is 6. The van der Waals surface area contributed by atoms with E-state index in [1.54, 1.807) is 0 Å². The molecule has 2 aliphatic heterocycles. The van der Waals surface area contributed by atoms with Gasteiger partial charge in [-0.3, -0.25) is 0 Å². The van der Waals surface area contributed by atoms with Crippen LogP contribution in [0.25, 0.3) is 0 Å². The molecular weight excluding hydrogens is 388 g/mol. The maximum atomic E-state index is 12.5. The second kappa shape index (κ2) is 7.57. The average molecular weight is 421 g/mol. The topological polar surface area (TPSA) is 109 Å². The molecule has 3 unspecified atom stereocenters. The highest BCUT2D eigenvalue weighted by Crippen LogP contribution is 2.71. The molecule has 0 radical (unpaired) electrons. The van der Waals surface area contributed by atoms with Crippen molar-refractivity contribution in [1.82, 2.24) is 0 Å². The Morgan fingerprint density at radius 1 is 1.37 bits per heavy atom. The Balaban J connectivity index is 1.52.